The molecule has 1 atom stereocenters. The first-order chi connectivity index (χ1) is 9.08. The van der Waals surface area contributed by atoms with Crippen LogP contribution < -0.4 is 5.32 Å². The zero-order valence-corrected chi connectivity index (χ0v) is 11.2. The third kappa shape index (κ3) is 2.23. The quantitative estimate of drug-likeness (QED) is 0.790. The van der Waals surface area contributed by atoms with Crippen LogP contribution >= 0.6 is 0 Å². The van der Waals surface area contributed by atoms with Gasteiger partial charge in [-0.05, 0) is 13.8 Å². The van der Waals surface area contributed by atoms with Crippen LogP contribution in [0, 0.1) is 6.92 Å². The standard InChI is InChI=1S/C12H18N4O3/c1-8-14-10(19-15-8)9-5-16(6-9)11(17)12(2)7-13-3-4-18-12/h9,13H,3-7H2,1-2H3/t12-/m1/s1. The molecule has 1 aromatic heterocycles. The molecule has 7 heteroatoms. The Morgan fingerprint density at radius 2 is 2.32 bits per heavy atom. The van der Waals surface area contributed by atoms with E-state index in [1.54, 1.807) is 11.8 Å². The van der Waals surface area contributed by atoms with Gasteiger partial charge in [-0.2, -0.15) is 4.98 Å². The molecule has 1 amide bonds. The highest BCUT2D eigenvalue weighted by atomic mass is 16.5. The van der Waals surface area contributed by atoms with Crippen LogP contribution in [0.1, 0.15) is 24.6 Å². The van der Waals surface area contributed by atoms with Crippen molar-refractivity contribution in [1.29, 1.82) is 0 Å². The molecule has 0 aromatic carbocycles. The number of rotatable bonds is 2. The third-order valence-corrected chi connectivity index (χ3v) is 3.68. The number of aromatic nitrogens is 2. The number of likely N-dealkylation sites (tertiary alicyclic amines) is 1. The lowest BCUT2D eigenvalue weighted by atomic mass is 9.95. The molecule has 0 saturated carbocycles. The van der Waals surface area contributed by atoms with Crippen LogP contribution in [0.2, 0.25) is 0 Å². The molecular formula is C12H18N4O3. The lowest BCUT2D eigenvalue weighted by molar-refractivity contribution is -0.164. The number of carbonyl (C=O) groups excluding carboxylic acids is 1. The van der Waals surface area contributed by atoms with Crippen molar-refractivity contribution < 1.29 is 14.1 Å². The molecule has 0 spiro atoms. The van der Waals surface area contributed by atoms with E-state index in [0.29, 0.717) is 38.0 Å². The number of carbonyl (C=O) groups is 1. The van der Waals surface area contributed by atoms with Gasteiger partial charge >= 0.3 is 0 Å². The highest BCUT2D eigenvalue weighted by Crippen LogP contribution is 2.29. The minimum atomic E-state index is -0.742. The summed E-state index contributed by atoms with van der Waals surface area (Å²) in [5.74, 6) is 1.44. The second-order valence-corrected chi connectivity index (χ2v) is 5.34. The monoisotopic (exact) mass is 266 g/mol. The minimum absolute atomic E-state index is 0.0344. The molecule has 0 bridgehead atoms. The summed E-state index contributed by atoms with van der Waals surface area (Å²) in [6.07, 6.45) is 0. The number of hydrogen-bond donors (Lipinski definition) is 1. The predicted octanol–water partition coefficient (Wildman–Crippen LogP) is -0.318. The van der Waals surface area contributed by atoms with Crippen LogP contribution in [0.25, 0.3) is 0 Å². The van der Waals surface area contributed by atoms with Crippen molar-refractivity contribution in [2.45, 2.75) is 25.4 Å². The zero-order chi connectivity index (χ0) is 13.5. The normalized spacial score (nSPS) is 28.2. The number of nitrogens with one attached hydrogen (secondary N) is 1. The number of nitrogens with zero attached hydrogens (tertiary/aromatic N) is 3. The van der Waals surface area contributed by atoms with Gasteiger partial charge in [0.15, 0.2) is 11.4 Å². The molecule has 104 valence electrons. The van der Waals surface area contributed by atoms with E-state index >= 15 is 0 Å². The lowest BCUT2D eigenvalue weighted by Crippen LogP contribution is -2.62. The molecule has 2 fully saturated rings. The van der Waals surface area contributed by atoms with E-state index in [0.717, 1.165) is 6.54 Å². The summed E-state index contributed by atoms with van der Waals surface area (Å²) in [5, 5.41) is 6.96. The van der Waals surface area contributed by atoms with Crippen molar-refractivity contribution in [3.05, 3.63) is 11.7 Å². The van der Waals surface area contributed by atoms with Crippen LogP contribution in [-0.2, 0) is 9.53 Å². The van der Waals surface area contributed by atoms with Crippen molar-refractivity contribution in [2.24, 2.45) is 0 Å². The second kappa shape index (κ2) is 4.57. The molecule has 2 aliphatic heterocycles. The highest BCUT2D eigenvalue weighted by molar-refractivity contribution is 5.86. The van der Waals surface area contributed by atoms with Crippen molar-refractivity contribution in [3.8, 4) is 0 Å². The Morgan fingerprint density at radius 3 is 2.89 bits per heavy atom. The molecule has 3 rings (SSSR count). The maximum Gasteiger partial charge on any atom is 0.255 e. The maximum absolute atomic E-state index is 12.4. The molecule has 2 saturated heterocycles. The molecule has 1 aromatic rings. The predicted molar refractivity (Wildman–Crippen MR) is 65.6 cm³/mol. The Balaban J connectivity index is 1.59. The minimum Gasteiger partial charge on any atom is -0.363 e. The van der Waals surface area contributed by atoms with Gasteiger partial charge in [-0.25, -0.2) is 0 Å². The fraction of sp³-hybridized carbons (Fsp3) is 0.750. The number of hydrogen-bond acceptors (Lipinski definition) is 6. The van der Waals surface area contributed by atoms with Gasteiger partial charge in [-0.3, -0.25) is 4.79 Å². The molecule has 1 N–H and O–H groups in total. The van der Waals surface area contributed by atoms with Gasteiger partial charge in [0.1, 0.15) is 0 Å². The molecule has 0 unspecified atom stereocenters. The summed E-state index contributed by atoms with van der Waals surface area (Å²) in [4.78, 5) is 18.4. The summed E-state index contributed by atoms with van der Waals surface area (Å²) < 4.78 is 10.7. The van der Waals surface area contributed by atoms with Gasteiger partial charge < -0.3 is 19.5 Å². The van der Waals surface area contributed by atoms with Crippen LogP contribution in [0.3, 0.4) is 0 Å². The van der Waals surface area contributed by atoms with E-state index in [4.69, 9.17) is 9.26 Å². The topological polar surface area (TPSA) is 80.5 Å². The Hall–Kier alpha value is -1.47. The van der Waals surface area contributed by atoms with Gasteiger partial charge in [0, 0.05) is 26.2 Å². The average Bonchev–Trinajstić information content (AvgIpc) is 2.74. The van der Waals surface area contributed by atoms with E-state index in [1.807, 2.05) is 6.92 Å². The van der Waals surface area contributed by atoms with Gasteiger partial charge in [-0.1, -0.05) is 5.16 Å². The fourth-order valence-corrected chi connectivity index (χ4v) is 2.48. The first-order valence-electron chi connectivity index (χ1n) is 6.53. The van der Waals surface area contributed by atoms with Gasteiger partial charge in [0.25, 0.3) is 5.91 Å². The summed E-state index contributed by atoms with van der Waals surface area (Å²) >= 11 is 0. The summed E-state index contributed by atoms with van der Waals surface area (Å²) in [7, 11) is 0. The zero-order valence-electron chi connectivity index (χ0n) is 11.2. The van der Waals surface area contributed by atoms with Crippen LogP contribution in [-0.4, -0.2) is 59.3 Å². The molecule has 2 aliphatic rings. The van der Waals surface area contributed by atoms with Gasteiger partial charge in [0.05, 0.1) is 12.5 Å². The van der Waals surface area contributed by atoms with Crippen molar-refractivity contribution in [2.75, 3.05) is 32.8 Å². The smallest absolute Gasteiger partial charge is 0.255 e. The lowest BCUT2D eigenvalue weighted by Gasteiger charge is -2.43. The number of ether oxygens (including phenoxy) is 1. The van der Waals surface area contributed by atoms with E-state index < -0.39 is 5.60 Å². The first kappa shape index (κ1) is 12.6. The SMILES string of the molecule is Cc1noc(C2CN(C(=O)[C@@]3(C)CNCCO3)C2)n1. The van der Waals surface area contributed by atoms with E-state index in [1.165, 1.54) is 0 Å². The number of amides is 1. The first-order valence-corrected chi connectivity index (χ1v) is 6.53. The Bertz CT molecular complexity index is 475. The Labute approximate surface area is 111 Å². The number of aryl methyl sites for hydroxylation is 1. The highest BCUT2D eigenvalue weighted by Gasteiger charge is 2.45. The summed E-state index contributed by atoms with van der Waals surface area (Å²) in [6.45, 7) is 6.81. The summed E-state index contributed by atoms with van der Waals surface area (Å²) in [5.41, 5.74) is -0.742. The number of morpholine rings is 1. The molecule has 3 heterocycles. The molecule has 19 heavy (non-hydrogen) atoms. The Morgan fingerprint density at radius 1 is 1.53 bits per heavy atom. The van der Waals surface area contributed by atoms with Gasteiger partial charge in [-0.15, -0.1) is 0 Å². The van der Waals surface area contributed by atoms with Crippen molar-refractivity contribution in [1.82, 2.24) is 20.4 Å². The summed E-state index contributed by atoms with van der Waals surface area (Å²) in [6, 6.07) is 0. The molecule has 0 aliphatic carbocycles. The van der Waals surface area contributed by atoms with Gasteiger partial charge in [0.2, 0.25) is 5.89 Å². The average molecular weight is 266 g/mol. The van der Waals surface area contributed by atoms with Crippen molar-refractivity contribution in [3.63, 3.8) is 0 Å². The van der Waals surface area contributed by atoms with Crippen LogP contribution in [0.5, 0.6) is 0 Å². The third-order valence-electron chi connectivity index (χ3n) is 3.68. The molecular weight excluding hydrogens is 248 g/mol. The van der Waals surface area contributed by atoms with E-state index in [-0.39, 0.29) is 11.8 Å². The van der Waals surface area contributed by atoms with Crippen LogP contribution in [0.15, 0.2) is 4.52 Å². The van der Waals surface area contributed by atoms with E-state index in [2.05, 4.69) is 15.5 Å². The largest absolute Gasteiger partial charge is 0.363 e. The second-order valence-electron chi connectivity index (χ2n) is 5.34. The fourth-order valence-electron chi connectivity index (χ4n) is 2.48. The Kier molecular flexibility index (Phi) is 3.02. The molecule has 0 radical (unpaired) electrons. The van der Waals surface area contributed by atoms with Crippen LogP contribution in [0.4, 0.5) is 0 Å². The maximum atomic E-state index is 12.4. The van der Waals surface area contributed by atoms with E-state index in [9.17, 15) is 4.79 Å². The van der Waals surface area contributed by atoms with Crippen molar-refractivity contribution >= 4 is 5.91 Å². The molecule has 7 nitrogen and oxygen atoms in total.